The number of urea groups is 1. The molecule has 0 bridgehead atoms. The van der Waals surface area contributed by atoms with E-state index in [1.807, 2.05) is 24.4 Å². The molecule has 3 rings (SSSR count). The Kier molecular flexibility index (Phi) is 6.62. The van der Waals surface area contributed by atoms with E-state index in [1.165, 1.54) is 21.5 Å². The number of rotatable bonds is 5. The Morgan fingerprint density at radius 1 is 1.27 bits per heavy atom. The number of hydrogen-bond donors (Lipinski definition) is 2. The summed E-state index contributed by atoms with van der Waals surface area (Å²) >= 11 is 2.55. The summed E-state index contributed by atoms with van der Waals surface area (Å²) in [7, 11) is 1.65. The molecular weight excluding hydrogens is 420 g/mol. The number of carbonyl (C=O) groups is 2. The second-order valence-electron chi connectivity index (χ2n) is 7.00. The number of thioether (sulfide) groups is 1. The van der Waals surface area contributed by atoms with Gasteiger partial charge in [0.1, 0.15) is 4.83 Å². The highest BCUT2D eigenvalue weighted by Gasteiger charge is 2.21. The summed E-state index contributed by atoms with van der Waals surface area (Å²) in [6.07, 6.45) is 0. The van der Waals surface area contributed by atoms with Gasteiger partial charge in [-0.05, 0) is 44.4 Å². The highest BCUT2D eigenvalue weighted by Crippen LogP contribution is 2.33. The second-order valence-corrected chi connectivity index (χ2v) is 9.16. The average molecular weight is 445 g/mol. The van der Waals surface area contributed by atoms with Crippen LogP contribution in [0.2, 0.25) is 0 Å². The SMILES string of the molecule is CCNC(=O)NC(=O)C(C)Sc1nc2scc(-c3ccc(C)c(C)c3)c2c(=O)n1C. The maximum atomic E-state index is 13.1. The van der Waals surface area contributed by atoms with E-state index < -0.39 is 17.2 Å². The van der Waals surface area contributed by atoms with Crippen molar-refractivity contribution in [2.24, 2.45) is 7.05 Å². The number of nitrogens with zero attached hydrogens (tertiary/aromatic N) is 2. The van der Waals surface area contributed by atoms with Gasteiger partial charge in [-0.2, -0.15) is 0 Å². The minimum atomic E-state index is -0.595. The summed E-state index contributed by atoms with van der Waals surface area (Å²) in [5.74, 6) is -0.442. The van der Waals surface area contributed by atoms with E-state index in [9.17, 15) is 14.4 Å². The minimum absolute atomic E-state index is 0.159. The minimum Gasteiger partial charge on any atom is -0.338 e. The third-order valence-corrected chi connectivity index (χ3v) is 6.83. The average Bonchev–Trinajstić information content (AvgIpc) is 3.12. The number of benzene rings is 1. The molecule has 0 radical (unpaired) electrons. The Morgan fingerprint density at radius 2 is 2.00 bits per heavy atom. The number of aryl methyl sites for hydroxylation is 2. The number of fused-ring (bicyclic) bond motifs is 1. The lowest BCUT2D eigenvalue weighted by Gasteiger charge is -2.13. The lowest BCUT2D eigenvalue weighted by molar-refractivity contribution is -0.119. The molecule has 3 amide bonds. The normalized spacial score (nSPS) is 12.0. The number of nitrogens with one attached hydrogen (secondary N) is 2. The van der Waals surface area contributed by atoms with Crippen LogP contribution in [0.3, 0.4) is 0 Å². The third kappa shape index (κ3) is 4.41. The summed E-state index contributed by atoms with van der Waals surface area (Å²) in [6.45, 7) is 7.97. The van der Waals surface area contributed by atoms with Crippen molar-refractivity contribution in [2.75, 3.05) is 6.54 Å². The van der Waals surface area contributed by atoms with Gasteiger partial charge in [-0.1, -0.05) is 30.0 Å². The number of hydrogen-bond acceptors (Lipinski definition) is 6. The van der Waals surface area contributed by atoms with E-state index in [4.69, 9.17) is 0 Å². The van der Waals surface area contributed by atoms with Crippen LogP contribution in [0.4, 0.5) is 4.79 Å². The van der Waals surface area contributed by atoms with Gasteiger partial charge in [-0.25, -0.2) is 9.78 Å². The van der Waals surface area contributed by atoms with E-state index in [1.54, 1.807) is 20.9 Å². The molecule has 7 nitrogen and oxygen atoms in total. The standard InChI is InChI=1S/C21H24N4O3S2/c1-6-22-20(28)23-17(26)13(4)30-21-24-18-16(19(27)25(21)5)15(10-29-18)14-8-7-11(2)12(3)9-14/h7-10,13H,6H2,1-5H3,(H2,22,23,26,28). The third-order valence-electron chi connectivity index (χ3n) is 4.82. The van der Waals surface area contributed by atoms with Gasteiger partial charge in [0, 0.05) is 24.5 Å². The van der Waals surface area contributed by atoms with Crippen molar-refractivity contribution in [3.8, 4) is 11.1 Å². The monoisotopic (exact) mass is 444 g/mol. The Bertz CT molecular complexity index is 1180. The van der Waals surface area contributed by atoms with Crippen molar-refractivity contribution < 1.29 is 9.59 Å². The van der Waals surface area contributed by atoms with Gasteiger partial charge in [-0.15, -0.1) is 11.3 Å². The van der Waals surface area contributed by atoms with Crippen molar-refractivity contribution in [3.63, 3.8) is 0 Å². The fraction of sp³-hybridized carbons (Fsp3) is 0.333. The Hall–Kier alpha value is -2.65. The van der Waals surface area contributed by atoms with Crippen LogP contribution in [-0.2, 0) is 11.8 Å². The molecule has 0 aliphatic rings. The maximum Gasteiger partial charge on any atom is 0.321 e. The molecule has 3 aromatic rings. The number of carbonyl (C=O) groups excluding carboxylic acids is 2. The molecule has 158 valence electrons. The highest BCUT2D eigenvalue weighted by molar-refractivity contribution is 8.00. The number of aromatic nitrogens is 2. The maximum absolute atomic E-state index is 13.1. The molecule has 2 heterocycles. The first-order valence-electron chi connectivity index (χ1n) is 9.54. The quantitative estimate of drug-likeness (QED) is 0.463. The summed E-state index contributed by atoms with van der Waals surface area (Å²) < 4.78 is 1.46. The van der Waals surface area contributed by atoms with Gasteiger partial charge in [0.15, 0.2) is 5.16 Å². The number of thiophene rings is 1. The number of imide groups is 1. The van der Waals surface area contributed by atoms with Crippen molar-refractivity contribution in [1.82, 2.24) is 20.2 Å². The molecule has 2 N–H and O–H groups in total. The first-order valence-corrected chi connectivity index (χ1v) is 11.3. The first-order chi connectivity index (χ1) is 14.2. The van der Waals surface area contributed by atoms with E-state index in [0.717, 1.165) is 28.5 Å². The van der Waals surface area contributed by atoms with Crippen LogP contribution in [0.5, 0.6) is 0 Å². The summed E-state index contributed by atoms with van der Waals surface area (Å²) in [4.78, 5) is 42.2. The van der Waals surface area contributed by atoms with Crippen molar-refractivity contribution in [2.45, 2.75) is 38.1 Å². The molecule has 0 fully saturated rings. The first kappa shape index (κ1) is 22.0. The van der Waals surface area contributed by atoms with Gasteiger partial charge >= 0.3 is 6.03 Å². The number of amides is 3. The molecule has 2 aromatic heterocycles. The summed E-state index contributed by atoms with van der Waals surface area (Å²) in [5.41, 5.74) is 4.05. The summed E-state index contributed by atoms with van der Waals surface area (Å²) in [6, 6.07) is 5.60. The van der Waals surface area contributed by atoms with Gasteiger partial charge in [-0.3, -0.25) is 19.5 Å². The molecule has 0 saturated carbocycles. The zero-order valence-corrected chi connectivity index (χ0v) is 19.2. The van der Waals surface area contributed by atoms with E-state index in [0.29, 0.717) is 21.9 Å². The van der Waals surface area contributed by atoms with E-state index in [-0.39, 0.29) is 5.56 Å². The summed E-state index contributed by atoms with van der Waals surface area (Å²) in [5, 5.41) is 7.16. The Labute approximate surface area is 182 Å². The topological polar surface area (TPSA) is 93.1 Å². The van der Waals surface area contributed by atoms with Crippen LogP contribution in [0.15, 0.2) is 33.5 Å². The van der Waals surface area contributed by atoms with E-state index in [2.05, 4.69) is 28.6 Å². The van der Waals surface area contributed by atoms with Crippen LogP contribution in [0, 0.1) is 13.8 Å². The van der Waals surface area contributed by atoms with Crippen LogP contribution in [0.25, 0.3) is 21.3 Å². The molecule has 0 saturated heterocycles. The van der Waals surface area contributed by atoms with Crippen molar-refractivity contribution in [1.29, 1.82) is 0 Å². The molecule has 1 unspecified atom stereocenters. The lowest BCUT2D eigenvalue weighted by atomic mass is 10.0. The zero-order chi connectivity index (χ0) is 22.0. The molecule has 0 spiro atoms. The zero-order valence-electron chi connectivity index (χ0n) is 17.5. The fourth-order valence-corrected chi connectivity index (χ4v) is 4.77. The molecule has 1 aromatic carbocycles. The van der Waals surface area contributed by atoms with Crippen LogP contribution < -0.4 is 16.2 Å². The van der Waals surface area contributed by atoms with E-state index >= 15 is 0 Å². The smallest absolute Gasteiger partial charge is 0.321 e. The van der Waals surface area contributed by atoms with Gasteiger partial charge < -0.3 is 5.32 Å². The molecule has 30 heavy (non-hydrogen) atoms. The predicted octanol–water partition coefficient (Wildman–Crippen LogP) is 3.61. The van der Waals surface area contributed by atoms with Crippen LogP contribution >= 0.6 is 23.1 Å². The van der Waals surface area contributed by atoms with Crippen LogP contribution in [0.1, 0.15) is 25.0 Å². The van der Waals surface area contributed by atoms with Gasteiger partial charge in [0.25, 0.3) is 5.56 Å². The van der Waals surface area contributed by atoms with Gasteiger partial charge in [0.05, 0.1) is 10.6 Å². The van der Waals surface area contributed by atoms with Crippen LogP contribution in [-0.4, -0.2) is 33.3 Å². The molecular formula is C21H24N4O3S2. The largest absolute Gasteiger partial charge is 0.338 e. The second kappa shape index (κ2) is 9.01. The van der Waals surface area contributed by atoms with Crippen molar-refractivity contribution >= 4 is 45.3 Å². The molecule has 9 heteroatoms. The highest BCUT2D eigenvalue weighted by atomic mass is 32.2. The lowest BCUT2D eigenvalue weighted by Crippen LogP contribution is -2.42. The Morgan fingerprint density at radius 3 is 2.67 bits per heavy atom. The molecule has 0 aliphatic heterocycles. The Balaban J connectivity index is 1.93. The van der Waals surface area contributed by atoms with Crippen molar-refractivity contribution in [3.05, 3.63) is 45.1 Å². The van der Waals surface area contributed by atoms with Gasteiger partial charge in [0.2, 0.25) is 5.91 Å². The predicted molar refractivity (Wildman–Crippen MR) is 122 cm³/mol. The fourth-order valence-electron chi connectivity index (χ4n) is 2.91. The molecule has 0 aliphatic carbocycles. The molecule has 1 atom stereocenters.